The summed E-state index contributed by atoms with van der Waals surface area (Å²) in [6.45, 7) is 12.1. The van der Waals surface area contributed by atoms with Crippen LogP contribution in [-0.4, -0.2) is 37.1 Å². The predicted molar refractivity (Wildman–Crippen MR) is 123 cm³/mol. The predicted octanol–water partition coefficient (Wildman–Crippen LogP) is 4.18. The molecular weight excluding hydrogens is 437 g/mol. The van der Waals surface area contributed by atoms with Crippen LogP contribution in [0.25, 0.3) is 0 Å². The number of aromatic nitrogens is 1. The van der Waals surface area contributed by atoms with E-state index in [4.69, 9.17) is 0 Å². The van der Waals surface area contributed by atoms with Crippen LogP contribution in [0.15, 0.2) is 23.3 Å². The Kier molecular flexibility index (Phi) is 9.68. The Balaban J connectivity index is 0.00000338. The molecule has 2 rings (SSSR count). The molecule has 6 heteroatoms. The van der Waals surface area contributed by atoms with Crippen molar-refractivity contribution in [1.82, 2.24) is 15.6 Å². The molecule has 0 bridgehead atoms. The van der Waals surface area contributed by atoms with Crippen LogP contribution < -0.4 is 15.5 Å². The molecule has 2 heterocycles. The minimum atomic E-state index is 0. The Morgan fingerprint density at radius 2 is 1.96 bits per heavy atom. The zero-order chi connectivity index (χ0) is 18.3. The Labute approximate surface area is 176 Å². The van der Waals surface area contributed by atoms with Crippen molar-refractivity contribution in [3.05, 3.63) is 23.9 Å². The molecule has 26 heavy (non-hydrogen) atoms. The van der Waals surface area contributed by atoms with Gasteiger partial charge < -0.3 is 15.5 Å². The van der Waals surface area contributed by atoms with Crippen LogP contribution in [0.3, 0.4) is 0 Å². The smallest absolute Gasteiger partial charge is 0.191 e. The molecule has 1 atom stereocenters. The van der Waals surface area contributed by atoms with Crippen molar-refractivity contribution >= 4 is 35.8 Å². The quantitative estimate of drug-likeness (QED) is 0.370. The summed E-state index contributed by atoms with van der Waals surface area (Å²) < 4.78 is 0. The van der Waals surface area contributed by atoms with Gasteiger partial charge in [-0.2, -0.15) is 0 Å². The number of pyridine rings is 1. The molecule has 0 aromatic carbocycles. The standard InChI is InChI=1S/C20H35N5.HI/c1-16(10-11-20(2,3)4)24-19(21-5)23-15-17-8-9-18(22-14-17)25-12-6-7-13-25;/h8-9,14,16H,6-7,10-13,15H2,1-5H3,(H2,21,23,24);1H. The fourth-order valence-electron chi connectivity index (χ4n) is 2.99. The Morgan fingerprint density at radius 1 is 1.27 bits per heavy atom. The van der Waals surface area contributed by atoms with E-state index in [1.807, 2.05) is 13.2 Å². The van der Waals surface area contributed by atoms with Crippen LogP contribution in [0.1, 0.15) is 58.9 Å². The number of rotatable bonds is 6. The van der Waals surface area contributed by atoms with Crippen LogP contribution in [0.5, 0.6) is 0 Å². The molecule has 1 saturated heterocycles. The van der Waals surface area contributed by atoms with E-state index in [1.165, 1.54) is 24.8 Å². The first-order valence-electron chi connectivity index (χ1n) is 9.54. The maximum absolute atomic E-state index is 4.61. The number of halogens is 1. The van der Waals surface area contributed by atoms with E-state index in [0.717, 1.165) is 37.8 Å². The third-order valence-electron chi connectivity index (χ3n) is 4.63. The van der Waals surface area contributed by atoms with E-state index in [0.29, 0.717) is 11.5 Å². The summed E-state index contributed by atoms with van der Waals surface area (Å²) in [6.07, 6.45) is 6.86. The molecule has 0 radical (unpaired) electrons. The van der Waals surface area contributed by atoms with Crippen molar-refractivity contribution in [2.24, 2.45) is 10.4 Å². The van der Waals surface area contributed by atoms with Gasteiger partial charge in [0.05, 0.1) is 0 Å². The maximum Gasteiger partial charge on any atom is 0.191 e. The second kappa shape index (κ2) is 10.9. The van der Waals surface area contributed by atoms with Gasteiger partial charge >= 0.3 is 0 Å². The molecule has 5 nitrogen and oxygen atoms in total. The Hall–Kier alpha value is -1.05. The second-order valence-corrected chi connectivity index (χ2v) is 8.29. The van der Waals surface area contributed by atoms with E-state index in [9.17, 15) is 0 Å². The van der Waals surface area contributed by atoms with Gasteiger partial charge in [0.2, 0.25) is 0 Å². The van der Waals surface area contributed by atoms with Crippen LogP contribution in [0, 0.1) is 5.41 Å². The molecule has 0 spiro atoms. The molecule has 0 amide bonds. The lowest BCUT2D eigenvalue weighted by Gasteiger charge is -2.23. The highest BCUT2D eigenvalue weighted by molar-refractivity contribution is 14.0. The van der Waals surface area contributed by atoms with Crippen molar-refractivity contribution in [2.75, 3.05) is 25.0 Å². The molecule has 0 saturated carbocycles. The lowest BCUT2D eigenvalue weighted by molar-refractivity contribution is 0.346. The van der Waals surface area contributed by atoms with Gasteiger partial charge in [0, 0.05) is 38.9 Å². The molecule has 148 valence electrons. The number of nitrogens with zero attached hydrogens (tertiary/aromatic N) is 3. The van der Waals surface area contributed by atoms with Gasteiger partial charge in [-0.1, -0.05) is 26.8 Å². The number of nitrogens with one attached hydrogen (secondary N) is 2. The number of aliphatic imine (C=N–C) groups is 1. The highest BCUT2D eigenvalue weighted by Gasteiger charge is 2.14. The summed E-state index contributed by atoms with van der Waals surface area (Å²) >= 11 is 0. The number of hydrogen-bond donors (Lipinski definition) is 2. The highest BCUT2D eigenvalue weighted by atomic mass is 127. The summed E-state index contributed by atoms with van der Waals surface area (Å²) in [4.78, 5) is 11.3. The van der Waals surface area contributed by atoms with E-state index in [1.54, 1.807) is 0 Å². The Morgan fingerprint density at radius 3 is 2.50 bits per heavy atom. The summed E-state index contributed by atoms with van der Waals surface area (Å²) in [5.41, 5.74) is 1.54. The van der Waals surface area contributed by atoms with Gasteiger partial charge in [-0.3, -0.25) is 4.99 Å². The molecule has 1 aromatic rings. The van der Waals surface area contributed by atoms with E-state index < -0.39 is 0 Å². The van der Waals surface area contributed by atoms with Crippen molar-refractivity contribution in [3.63, 3.8) is 0 Å². The minimum absolute atomic E-state index is 0. The summed E-state index contributed by atoms with van der Waals surface area (Å²) in [5, 5.41) is 6.86. The average molecular weight is 473 g/mol. The van der Waals surface area contributed by atoms with Gasteiger partial charge in [0.25, 0.3) is 0 Å². The topological polar surface area (TPSA) is 52.6 Å². The van der Waals surface area contributed by atoms with Gasteiger partial charge in [0.1, 0.15) is 5.82 Å². The molecule has 1 aliphatic heterocycles. The van der Waals surface area contributed by atoms with Crippen LogP contribution in [0.4, 0.5) is 5.82 Å². The first kappa shape index (κ1) is 23.0. The lowest BCUT2D eigenvalue weighted by Crippen LogP contribution is -2.42. The summed E-state index contributed by atoms with van der Waals surface area (Å²) in [5.74, 6) is 1.95. The normalized spacial score (nSPS) is 16.2. The highest BCUT2D eigenvalue weighted by Crippen LogP contribution is 2.21. The summed E-state index contributed by atoms with van der Waals surface area (Å²) in [7, 11) is 1.82. The van der Waals surface area contributed by atoms with Gasteiger partial charge in [-0.25, -0.2) is 4.98 Å². The van der Waals surface area contributed by atoms with Crippen molar-refractivity contribution < 1.29 is 0 Å². The van der Waals surface area contributed by atoms with Crippen LogP contribution in [-0.2, 0) is 6.54 Å². The molecule has 1 fully saturated rings. The lowest BCUT2D eigenvalue weighted by atomic mass is 9.89. The average Bonchev–Trinajstić information content (AvgIpc) is 3.11. The molecule has 2 N–H and O–H groups in total. The Bertz CT molecular complexity index is 544. The zero-order valence-corrected chi connectivity index (χ0v) is 19.3. The third-order valence-corrected chi connectivity index (χ3v) is 4.63. The van der Waals surface area contributed by atoms with Gasteiger partial charge in [-0.15, -0.1) is 24.0 Å². The fraction of sp³-hybridized carbons (Fsp3) is 0.700. The van der Waals surface area contributed by atoms with E-state index >= 15 is 0 Å². The van der Waals surface area contributed by atoms with Crippen molar-refractivity contribution in [3.8, 4) is 0 Å². The number of guanidine groups is 1. The van der Waals surface area contributed by atoms with Gasteiger partial charge in [-0.05, 0) is 49.7 Å². The fourth-order valence-corrected chi connectivity index (χ4v) is 2.99. The molecular formula is C20H36IN5. The number of hydrogen-bond acceptors (Lipinski definition) is 3. The first-order valence-corrected chi connectivity index (χ1v) is 9.54. The zero-order valence-electron chi connectivity index (χ0n) is 17.0. The van der Waals surface area contributed by atoms with Crippen molar-refractivity contribution in [2.45, 2.75) is 66.0 Å². The molecule has 1 aliphatic rings. The van der Waals surface area contributed by atoms with Crippen LogP contribution in [0.2, 0.25) is 0 Å². The van der Waals surface area contributed by atoms with E-state index in [-0.39, 0.29) is 24.0 Å². The third kappa shape index (κ3) is 8.10. The van der Waals surface area contributed by atoms with E-state index in [2.05, 4.69) is 65.3 Å². The molecule has 0 aliphatic carbocycles. The molecule has 1 aromatic heterocycles. The first-order chi connectivity index (χ1) is 11.9. The minimum Gasteiger partial charge on any atom is -0.357 e. The largest absolute Gasteiger partial charge is 0.357 e. The maximum atomic E-state index is 4.61. The van der Waals surface area contributed by atoms with Crippen molar-refractivity contribution in [1.29, 1.82) is 0 Å². The summed E-state index contributed by atoms with van der Waals surface area (Å²) in [6, 6.07) is 4.69. The second-order valence-electron chi connectivity index (χ2n) is 8.29. The monoisotopic (exact) mass is 473 g/mol. The SMILES string of the molecule is CN=C(NCc1ccc(N2CCCC2)nc1)NC(C)CCC(C)(C)C.I. The van der Waals surface area contributed by atoms with Gasteiger partial charge in [0.15, 0.2) is 5.96 Å². The van der Waals surface area contributed by atoms with Crippen LogP contribution >= 0.6 is 24.0 Å². The molecule has 1 unspecified atom stereocenters. The number of anilines is 1.